The quantitative estimate of drug-likeness (QED) is 0.667. The van der Waals surface area contributed by atoms with Crippen LogP contribution in [0.1, 0.15) is 10.4 Å². The summed E-state index contributed by atoms with van der Waals surface area (Å²) in [5.41, 5.74) is 1.29. The van der Waals surface area contributed by atoms with Gasteiger partial charge in [-0.15, -0.1) is 11.8 Å². The number of hydrogen-bond acceptors (Lipinski definition) is 3. The van der Waals surface area contributed by atoms with E-state index in [9.17, 15) is 9.59 Å². The van der Waals surface area contributed by atoms with Gasteiger partial charge in [0.1, 0.15) is 5.56 Å². The molecule has 1 heterocycles. The molecular weight excluding hydrogens is 236 g/mol. The van der Waals surface area contributed by atoms with E-state index in [2.05, 4.69) is 5.10 Å². The van der Waals surface area contributed by atoms with Gasteiger partial charge in [0.25, 0.3) is 5.56 Å². The number of aldehydes is 1. The van der Waals surface area contributed by atoms with Gasteiger partial charge in [-0.3, -0.25) is 19.4 Å². The van der Waals surface area contributed by atoms with Crippen LogP contribution in [0.2, 0.25) is 0 Å². The minimum absolute atomic E-state index is 0.172. The number of H-pyrrole nitrogens is 1. The van der Waals surface area contributed by atoms with Crippen LogP contribution in [-0.2, 0) is 7.05 Å². The van der Waals surface area contributed by atoms with Crippen molar-refractivity contribution in [3.8, 4) is 11.3 Å². The Labute approximate surface area is 103 Å². The third-order valence-corrected chi connectivity index (χ3v) is 3.29. The van der Waals surface area contributed by atoms with Gasteiger partial charge < -0.3 is 0 Å². The van der Waals surface area contributed by atoms with Gasteiger partial charge in [0.2, 0.25) is 0 Å². The molecule has 5 heteroatoms. The number of benzene rings is 1. The Morgan fingerprint density at radius 2 is 2.18 bits per heavy atom. The second kappa shape index (κ2) is 4.63. The highest BCUT2D eigenvalue weighted by Crippen LogP contribution is 2.23. The second-order valence-electron chi connectivity index (χ2n) is 3.61. The number of nitrogens with zero attached hydrogens (tertiary/aromatic N) is 1. The monoisotopic (exact) mass is 248 g/mol. The summed E-state index contributed by atoms with van der Waals surface area (Å²) in [7, 11) is 1.59. The summed E-state index contributed by atoms with van der Waals surface area (Å²) < 4.78 is 1.31. The van der Waals surface area contributed by atoms with Crippen LogP contribution in [0.5, 0.6) is 0 Å². The Balaban J connectivity index is 2.63. The highest BCUT2D eigenvalue weighted by molar-refractivity contribution is 7.98. The molecule has 0 aliphatic heterocycles. The number of rotatable bonds is 3. The molecular formula is C12H12N2O2S. The van der Waals surface area contributed by atoms with Crippen molar-refractivity contribution >= 4 is 18.0 Å². The fraction of sp³-hybridized carbons (Fsp3) is 0.167. The molecule has 0 bridgehead atoms. The minimum atomic E-state index is -0.301. The zero-order valence-corrected chi connectivity index (χ0v) is 10.4. The highest BCUT2D eigenvalue weighted by atomic mass is 32.2. The fourth-order valence-corrected chi connectivity index (χ4v) is 2.13. The van der Waals surface area contributed by atoms with Crippen LogP contribution in [-0.4, -0.2) is 22.3 Å². The number of aryl methyl sites for hydroxylation is 1. The van der Waals surface area contributed by atoms with Crippen LogP contribution < -0.4 is 5.56 Å². The average Bonchev–Trinajstić information content (AvgIpc) is 2.65. The van der Waals surface area contributed by atoms with E-state index in [0.29, 0.717) is 12.0 Å². The van der Waals surface area contributed by atoms with E-state index in [-0.39, 0.29) is 11.1 Å². The molecule has 0 aliphatic rings. The predicted octanol–water partition coefficient (Wildman–Crippen LogP) is 1.91. The summed E-state index contributed by atoms with van der Waals surface area (Å²) in [5.74, 6) is 0. The number of nitrogens with one attached hydrogen (secondary N) is 1. The Kier molecular flexibility index (Phi) is 3.19. The van der Waals surface area contributed by atoms with Crippen LogP contribution in [0.3, 0.4) is 0 Å². The minimum Gasteiger partial charge on any atom is -0.298 e. The van der Waals surface area contributed by atoms with E-state index in [0.717, 1.165) is 10.5 Å². The van der Waals surface area contributed by atoms with E-state index in [4.69, 9.17) is 0 Å². The van der Waals surface area contributed by atoms with Crippen molar-refractivity contribution in [3.05, 3.63) is 40.2 Å². The molecule has 0 aliphatic carbocycles. The van der Waals surface area contributed by atoms with E-state index < -0.39 is 0 Å². The number of thioether (sulfide) groups is 1. The summed E-state index contributed by atoms with van der Waals surface area (Å²) in [5, 5.41) is 2.90. The first kappa shape index (κ1) is 11.7. The smallest absolute Gasteiger partial charge is 0.277 e. The summed E-state index contributed by atoms with van der Waals surface area (Å²) in [6.45, 7) is 0. The van der Waals surface area contributed by atoms with E-state index >= 15 is 0 Å². The third-order valence-electron chi connectivity index (χ3n) is 2.56. The SMILES string of the molecule is CSc1cccc(-c2[nH]n(C)c(=O)c2C=O)c1. The lowest BCUT2D eigenvalue weighted by Gasteiger charge is -2.01. The van der Waals surface area contributed by atoms with E-state index in [1.165, 1.54) is 4.68 Å². The number of carbonyl (C=O) groups excluding carboxylic acids is 1. The van der Waals surface area contributed by atoms with Crippen molar-refractivity contribution in [2.75, 3.05) is 6.26 Å². The largest absolute Gasteiger partial charge is 0.298 e. The summed E-state index contributed by atoms with van der Waals surface area (Å²) >= 11 is 1.61. The molecule has 0 saturated heterocycles. The highest BCUT2D eigenvalue weighted by Gasteiger charge is 2.13. The average molecular weight is 248 g/mol. The Morgan fingerprint density at radius 3 is 2.82 bits per heavy atom. The molecule has 0 saturated carbocycles. The molecule has 0 atom stereocenters. The van der Waals surface area contributed by atoms with Gasteiger partial charge in [-0.2, -0.15) is 0 Å². The first-order valence-corrected chi connectivity index (χ1v) is 6.28. The van der Waals surface area contributed by atoms with Crippen molar-refractivity contribution in [3.63, 3.8) is 0 Å². The number of hydrogen-bond donors (Lipinski definition) is 1. The fourth-order valence-electron chi connectivity index (χ4n) is 1.67. The molecule has 1 N–H and O–H groups in total. The van der Waals surface area contributed by atoms with Gasteiger partial charge in [-0.05, 0) is 18.4 Å². The van der Waals surface area contributed by atoms with E-state index in [1.807, 2.05) is 30.5 Å². The zero-order chi connectivity index (χ0) is 12.4. The molecule has 4 nitrogen and oxygen atoms in total. The topological polar surface area (TPSA) is 54.9 Å². The molecule has 0 fully saturated rings. The van der Waals surface area contributed by atoms with Crippen molar-refractivity contribution in [2.45, 2.75) is 4.90 Å². The Bertz CT molecular complexity index is 613. The summed E-state index contributed by atoms with van der Waals surface area (Å²) in [6, 6.07) is 7.71. The maximum absolute atomic E-state index is 11.6. The van der Waals surface area contributed by atoms with Gasteiger partial charge in [0.05, 0.1) is 5.69 Å². The van der Waals surface area contributed by atoms with Gasteiger partial charge >= 0.3 is 0 Å². The lowest BCUT2D eigenvalue weighted by molar-refractivity contribution is 0.112. The Morgan fingerprint density at radius 1 is 1.41 bits per heavy atom. The molecule has 1 aromatic carbocycles. The number of carbonyl (C=O) groups is 1. The van der Waals surface area contributed by atoms with Crippen LogP contribution in [0.4, 0.5) is 0 Å². The molecule has 2 aromatic rings. The van der Waals surface area contributed by atoms with Crippen LogP contribution in [0.15, 0.2) is 34.0 Å². The van der Waals surface area contributed by atoms with Crippen molar-refractivity contribution in [1.29, 1.82) is 0 Å². The molecule has 0 unspecified atom stereocenters. The van der Waals surface area contributed by atoms with Crippen molar-refractivity contribution in [2.24, 2.45) is 7.05 Å². The maximum Gasteiger partial charge on any atom is 0.277 e. The zero-order valence-electron chi connectivity index (χ0n) is 9.56. The molecule has 0 spiro atoms. The Hall–Kier alpha value is -1.75. The van der Waals surface area contributed by atoms with Gasteiger partial charge in [-0.25, -0.2) is 0 Å². The second-order valence-corrected chi connectivity index (χ2v) is 4.49. The summed E-state index contributed by atoms with van der Waals surface area (Å²) in [6.07, 6.45) is 2.58. The third kappa shape index (κ3) is 2.06. The van der Waals surface area contributed by atoms with E-state index in [1.54, 1.807) is 18.8 Å². The summed E-state index contributed by atoms with van der Waals surface area (Å²) in [4.78, 5) is 23.7. The molecule has 1 aromatic heterocycles. The first-order chi connectivity index (χ1) is 8.17. The molecule has 17 heavy (non-hydrogen) atoms. The molecule has 0 amide bonds. The van der Waals surface area contributed by atoms with Crippen molar-refractivity contribution in [1.82, 2.24) is 9.78 Å². The predicted molar refractivity (Wildman–Crippen MR) is 68.6 cm³/mol. The maximum atomic E-state index is 11.6. The standard InChI is InChI=1S/C12H12N2O2S/c1-14-12(16)10(7-15)11(13-14)8-4-3-5-9(6-8)17-2/h3-7,13H,1-2H3. The van der Waals surface area contributed by atoms with Crippen LogP contribution >= 0.6 is 11.8 Å². The molecule has 0 radical (unpaired) electrons. The lowest BCUT2D eigenvalue weighted by atomic mass is 10.1. The van der Waals surface area contributed by atoms with Crippen molar-refractivity contribution < 1.29 is 4.79 Å². The molecule has 2 rings (SSSR count). The van der Waals surface area contributed by atoms with Crippen LogP contribution in [0, 0.1) is 0 Å². The van der Waals surface area contributed by atoms with Gasteiger partial charge in [-0.1, -0.05) is 12.1 Å². The van der Waals surface area contributed by atoms with Crippen LogP contribution in [0.25, 0.3) is 11.3 Å². The number of aromatic amines is 1. The lowest BCUT2D eigenvalue weighted by Crippen LogP contribution is -2.14. The van der Waals surface area contributed by atoms with Gasteiger partial charge in [0.15, 0.2) is 6.29 Å². The van der Waals surface area contributed by atoms with Gasteiger partial charge in [0, 0.05) is 17.5 Å². The molecule has 88 valence electrons. The first-order valence-electron chi connectivity index (χ1n) is 5.06. The number of aromatic nitrogens is 2. The normalized spacial score (nSPS) is 10.5.